The van der Waals surface area contributed by atoms with E-state index in [1.165, 1.54) is 29.7 Å². The lowest BCUT2D eigenvalue weighted by Gasteiger charge is -2.17. The van der Waals surface area contributed by atoms with Crippen molar-refractivity contribution in [3.8, 4) is 0 Å². The van der Waals surface area contributed by atoms with E-state index >= 15 is 0 Å². The van der Waals surface area contributed by atoms with Gasteiger partial charge in [0, 0.05) is 25.4 Å². The van der Waals surface area contributed by atoms with E-state index in [0.717, 1.165) is 5.56 Å². The summed E-state index contributed by atoms with van der Waals surface area (Å²) >= 11 is 0. The first-order valence-electron chi connectivity index (χ1n) is 5.92. The molecular weight excluding hydrogens is 280 g/mol. The average molecular weight is 296 g/mol. The van der Waals surface area contributed by atoms with Crippen LogP contribution in [0.3, 0.4) is 0 Å². The molecule has 0 fully saturated rings. The number of aryl methyl sites for hydroxylation is 2. The Bertz CT molecular complexity index is 705. The third-order valence-corrected chi connectivity index (χ3v) is 4.90. The van der Waals surface area contributed by atoms with Crippen LogP contribution in [0.1, 0.15) is 17.0 Å². The van der Waals surface area contributed by atoms with Gasteiger partial charge in [-0.2, -0.15) is 4.31 Å². The molecule has 0 unspecified atom stereocenters. The molecule has 0 radical (unpaired) electrons. The van der Waals surface area contributed by atoms with Crippen LogP contribution in [-0.4, -0.2) is 29.9 Å². The highest BCUT2D eigenvalue weighted by molar-refractivity contribution is 7.89. The lowest BCUT2D eigenvalue weighted by molar-refractivity contribution is 0.390. The van der Waals surface area contributed by atoms with Gasteiger partial charge in [-0.15, -0.1) is 0 Å². The number of sulfonamides is 1. The Hall–Kier alpha value is -1.93. The van der Waals surface area contributed by atoms with Crippen LogP contribution in [0.15, 0.2) is 27.7 Å². The molecule has 2 N–H and O–H groups in total. The fourth-order valence-electron chi connectivity index (χ4n) is 1.82. The van der Waals surface area contributed by atoms with Crippen molar-refractivity contribution in [3.63, 3.8) is 0 Å². The minimum atomic E-state index is -3.70. The number of pyridine rings is 1. The molecule has 2 aromatic heterocycles. The molecule has 0 spiro atoms. The largest absolute Gasteiger partial charge is 0.383 e. The first-order valence-corrected chi connectivity index (χ1v) is 7.36. The van der Waals surface area contributed by atoms with E-state index < -0.39 is 10.0 Å². The second-order valence-corrected chi connectivity index (χ2v) is 6.46. The van der Waals surface area contributed by atoms with Gasteiger partial charge in [0.1, 0.15) is 16.5 Å². The van der Waals surface area contributed by atoms with Crippen molar-refractivity contribution in [2.24, 2.45) is 0 Å². The summed E-state index contributed by atoms with van der Waals surface area (Å²) < 4.78 is 31.1. The summed E-state index contributed by atoms with van der Waals surface area (Å²) in [6.45, 7) is 3.68. The van der Waals surface area contributed by atoms with Gasteiger partial charge in [-0.1, -0.05) is 5.16 Å². The van der Waals surface area contributed by atoms with E-state index in [-0.39, 0.29) is 17.3 Å². The number of nitrogens with zero attached hydrogens (tertiary/aromatic N) is 3. The molecule has 0 aliphatic rings. The zero-order valence-electron chi connectivity index (χ0n) is 11.5. The van der Waals surface area contributed by atoms with Crippen molar-refractivity contribution in [1.29, 1.82) is 0 Å². The molecular formula is C12H16N4O3S. The van der Waals surface area contributed by atoms with E-state index in [0.29, 0.717) is 11.5 Å². The summed E-state index contributed by atoms with van der Waals surface area (Å²) in [5, 5.41) is 3.81. The molecule has 0 amide bonds. The molecule has 0 saturated carbocycles. The summed E-state index contributed by atoms with van der Waals surface area (Å²) in [5.74, 6) is 0.585. The van der Waals surface area contributed by atoms with Gasteiger partial charge in [0.2, 0.25) is 10.0 Å². The van der Waals surface area contributed by atoms with Crippen molar-refractivity contribution >= 4 is 15.8 Å². The molecule has 108 valence electrons. The molecule has 7 nitrogen and oxygen atoms in total. The number of hydrogen-bond acceptors (Lipinski definition) is 6. The molecule has 0 aromatic carbocycles. The Morgan fingerprint density at radius 1 is 1.40 bits per heavy atom. The molecule has 0 aliphatic carbocycles. The standard InChI is InChI=1S/C12H16N4O3S/c1-8-10(9(2)19-15-8)7-16(3)20(17,18)11-5-4-6-14-12(11)13/h4-6H,7H2,1-3H3,(H2,13,14). The van der Waals surface area contributed by atoms with Gasteiger partial charge in [-0.3, -0.25) is 0 Å². The SMILES string of the molecule is Cc1noc(C)c1CN(C)S(=O)(=O)c1cccnc1N. The van der Waals surface area contributed by atoms with Gasteiger partial charge in [-0.05, 0) is 26.0 Å². The topological polar surface area (TPSA) is 102 Å². The van der Waals surface area contributed by atoms with Gasteiger partial charge >= 0.3 is 0 Å². The second-order valence-electron chi connectivity index (χ2n) is 4.45. The first-order chi connectivity index (χ1) is 9.34. The smallest absolute Gasteiger partial charge is 0.246 e. The van der Waals surface area contributed by atoms with Gasteiger partial charge < -0.3 is 10.3 Å². The summed E-state index contributed by atoms with van der Waals surface area (Å²) in [7, 11) is -2.22. The molecule has 2 aromatic rings. The quantitative estimate of drug-likeness (QED) is 0.906. The highest BCUT2D eigenvalue weighted by Crippen LogP contribution is 2.22. The maximum Gasteiger partial charge on any atom is 0.246 e. The summed E-state index contributed by atoms with van der Waals surface area (Å²) in [5.41, 5.74) is 7.05. The molecule has 0 bridgehead atoms. The predicted octanol–water partition coefficient (Wildman–Crippen LogP) is 1.09. The van der Waals surface area contributed by atoms with Gasteiger partial charge in [0.05, 0.1) is 5.69 Å². The number of anilines is 1. The number of nitrogen functional groups attached to an aromatic ring is 1. The van der Waals surface area contributed by atoms with Crippen molar-refractivity contribution in [1.82, 2.24) is 14.4 Å². The zero-order chi connectivity index (χ0) is 14.9. The van der Waals surface area contributed by atoms with Crippen LogP contribution in [0.4, 0.5) is 5.82 Å². The fraction of sp³-hybridized carbons (Fsp3) is 0.333. The second kappa shape index (κ2) is 5.22. The fourth-order valence-corrected chi connectivity index (χ4v) is 3.03. The predicted molar refractivity (Wildman–Crippen MR) is 73.3 cm³/mol. The van der Waals surface area contributed by atoms with Gasteiger partial charge in [0.25, 0.3) is 0 Å². The summed E-state index contributed by atoms with van der Waals surface area (Å²) in [6, 6.07) is 2.97. The Balaban J connectivity index is 2.34. The highest BCUT2D eigenvalue weighted by atomic mass is 32.2. The van der Waals surface area contributed by atoms with Crippen LogP contribution < -0.4 is 5.73 Å². The van der Waals surface area contributed by atoms with Gasteiger partial charge in [-0.25, -0.2) is 13.4 Å². The number of nitrogens with two attached hydrogens (primary N) is 1. The van der Waals surface area contributed by atoms with Gasteiger partial charge in [0.15, 0.2) is 0 Å². The van der Waals surface area contributed by atoms with Crippen molar-refractivity contribution in [2.75, 3.05) is 12.8 Å². The van der Waals surface area contributed by atoms with E-state index in [2.05, 4.69) is 10.1 Å². The minimum absolute atomic E-state index is 0.00531. The van der Waals surface area contributed by atoms with Crippen LogP contribution in [0, 0.1) is 13.8 Å². The zero-order valence-corrected chi connectivity index (χ0v) is 12.3. The van der Waals surface area contributed by atoms with E-state index in [9.17, 15) is 8.42 Å². The molecule has 0 saturated heterocycles. The molecule has 8 heteroatoms. The molecule has 20 heavy (non-hydrogen) atoms. The van der Waals surface area contributed by atoms with Crippen molar-refractivity contribution in [2.45, 2.75) is 25.3 Å². The summed E-state index contributed by atoms with van der Waals surface area (Å²) in [4.78, 5) is 3.80. The molecule has 0 aliphatic heterocycles. The van der Waals surface area contributed by atoms with Crippen molar-refractivity contribution < 1.29 is 12.9 Å². The molecule has 2 rings (SSSR count). The number of hydrogen-bond donors (Lipinski definition) is 1. The third-order valence-electron chi connectivity index (χ3n) is 3.05. The third kappa shape index (κ3) is 2.52. The Kier molecular flexibility index (Phi) is 3.78. The van der Waals surface area contributed by atoms with Crippen LogP contribution >= 0.6 is 0 Å². The molecule has 2 heterocycles. The van der Waals surface area contributed by atoms with Crippen LogP contribution in [0.5, 0.6) is 0 Å². The number of rotatable bonds is 4. The summed E-state index contributed by atoms with van der Waals surface area (Å²) in [6.07, 6.45) is 1.45. The van der Waals surface area contributed by atoms with Crippen molar-refractivity contribution in [3.05, 3.63) is 35.3 Å². The minimum Gasteiger partial charge on any atom is -0.383 e. The maximum absolute atomic E-state index is 12.5. The lowest BCUT2D eigenvalue weighted by Crippen LogP contribution is -2.27. The highest BCUT2D eigenvalue weighted by Gasteiger charge is 2.25. The maximum atomic E-state index is 12.5. The first kappa shape index (κ1) is 14.5. The molecule has 0 atom stereocenters. The van der Waals surface area contributed by atoms with E-state index in [4.69, 9.17) is 10.3 Å². The van der Waals surface area contributed by atoms with Crippen LogP contribution in [0.25, 0.3) is 0 Å². The number of aromatic nitrogens is 2. The van der Waals surface area contributed by atoms with Crippen LogP contribution in [-0.2, 0) is 16.6 Å². The van der Waals surface area contributed by atoms with Crippen LogP contribution in [0.2, 0.25) is 0 Å². The van der Waals surface area contributed by atoms with E-state index in [1.807, 2.05) is 0 Å². The average Bonchev–Trinajstić information content (AvgIpc) is 2.70. The monoisotopic (exact) mass is 296 g/mol. The normalized spacial score (nSPS) is 12.0. The Morgan fingerprint density at radius 3 is 2.65 bits per heavy atom. The Morgan fingerprint density at radius 2 is 2.10 bits per heavy atom. The Labute approximate surface area is 117 Å². The lowest BCUT2D eigenvalue weighted by atomic mass is 10.2. The van der Waals surface area contributed by atoms with E-state index in [1.54, 1.807) is 13.8 Å².